The molecule has 0 saturated carbocycles. The average molecular weight is 274 g/mol. The Balaban J connectivity index is 2.34. The Bertz CT molecular complexity index is 540. The third-order valence-electron chi connectivity index (χ3n) is 2.68. The van der Waals surface area contributed by atoms with Crippen LogP contribution >= 0.6 is 15.9 Å². The van der Waals surface area contributed by atoms with Gasteiger partial charge in [0, 0.05) is 10.9 Å². The average Bonchev–Trinajstić information content (AvgIpc) is 2.33. The number of fused-ring (bicyclic) bond motifs is 1. The lowest BCUT2D eigenvalue weighted by atomic mass is 10.0. The van der Waals surface area contributed by atoms with Crippen LogP contribution in [0.1, 0.15) is 18.4 Å². The van der Waals surface area contributed by atoms with Crippen molar-refractivity contribution in [1.29, 1.82) is 5.26 Å². The Hall–Kier alpha value is -1.33. The van der Waals surface area contributed by atoms with E-state index in [4.69, 9.17) is 5.26 Å². The Morgan fingerprint density at radius 3 is 2.75 bits per heavy atom. The molecular weight excluding hydrogens is 262 g/mol. The lowest BCUT2D eigenvalue weighted by Gasteiger charge is -2.06. The molecule has 80 valence electrons. The molecule has 2 rings (SSSR count). The zero-order valence-corrected chi connectivity index (χ0v) is 10.5. The van der Waals surface area contributed by atoms with Gasteiger partial charge in [0.25, 0.3) is 0 Å². The fourth-order valence-electron chi connectivity index (χ4n) is 1.83. The zero-order chi connectivity index (χ0) is 11.4. The number of unbranched alkanes of at least 4 members (excludes halogenated alkanes) is 1. The van der Waals surface area contributed by atoms with Gasteiger partial charge < -0.3 is 0 Å². The number of nitriles is 1. The molecule has 0 saturated heterocycles. The van der Waals surface area contributed by atoms with E-state index in [1.54, 1.807) is 0 Å². The summed E-state index contributed by atoms with van der Waals surface area (Å²) < 4.78 is 1.17. The second kappa shape index (κ2) is 5.14. The summed E-state index contributed by atoms with van der Waals surface area (Å²) in [6.45, 7) is 0. The molecule has 2 aromatic rings. The number of aryl methyl sites for hydroxylation is 1. The maximum Gasteiger partial charge on any atom is 0.0621 e. The number of hydrogen-bond acceptors (Lipinski definition) is 1. The maximum atomic E-state index is 8.52. The second-order valence-corrected chi connectivity index (χ2v) is 4.56. The fraction of sp³-hybridized carbons (Fsp3) is 0.214. The first-order valence-electron chi connectivity index (χ1n) is 5.36. The van der Waals surface area contributed by atoms with Gasteiger partial charge in [0.2, 0.25) is 0 Å². The van der Waals surface area contributed by atoms with Gasteiger partial charge in [0.05, 0.1) is 6.07 Å². The highest BCUT2D eigenvalue weighted by Crippen LogP contribution is 2.28. The van der Waals surface area contributed by atoms with E-state index in [2.05, 4.69) is 46.3 Å². The highest BCUT2D eigenvalue weighted by molar-refractivity contribution is 9.10. The summed E-state index contributed by atoms with van der Waals surface area (Å²) in [5.74, 6) is 0. The first-order valence-corrected chi connectivity index (χ1v) is 6.15. The summed E-state index contributed by atoms with van der Waals surface area (Å²) in [4.78, 5) is 0. The number of halogens is 1. The summed E-state index contributed by atoms with van der Waals surface area (Å²) in [5, 5.41) is 11.0. The second-order valence-electron chi connectivity index (χ2n) is 3.77. The van der Waals surface area contributed by atoms with E-state index in [1.807, 2.05) is 12.1 Å². The predicted molar refractivity (Wildman–Crippen MR) is 70.2 cm³/mol. The lowest BCUT2D eigenvalue weighted by molar-refractivity contribution is 0.849. The quantitative estimate of drug-likeness (QED) is 0.758. The molecule has 16 heavy (non-hydrogen) atoms. The largest absolute Gasteiger partial charge is 0.198 e. The molecule has 0 atom stereocenters. The highest BCUT2D eigenvalue weighted by Gasteiger charge is 2.04. The summed E-state index contributed by atoms with van der Waals surface area (Å²) in [7, 11) is 0. The minimum absolute atomic E-state index is 0.624. The third kappa shape index (κ3) is 2.25. The first-order chi connectivity index (χ1) is 7.83. The molecule has 0 heterocycles. The van der Waals surface area contributed by atoms with Gasteiger partial charge in [-0.3, -0.25) is 0 Å². The molecule has 0 aromatic heterocycles. The molecule has 0 fully saturated rings. The minimum Gasteiger partial charge on any atom is -0.198 e. The summed E-state index contributed by atoms with van der Waals surface area (Å²) >= 11 is 3.65. The van der Waals surface area contributed by atoms with Crippen LogP contribution in [0.4, 0.5) is 0 Å². The lowest BCUT2D eigenvalue weighted by Crippen LogP contribution is -1.88. The molecule has 0 spiro atoms. The van der Waals surface area contributed by atoms with Crippen LogP contribution in [-0.4, -0.2) is 0 Å². The molecule has 0 unspecified atom stereocenters. The predicted octanol–water partition coefficient (Wildman–Crippen LogP) is 4.45. The van der Waals surface area contributed by atoms with Crippen LogP contribution in [0.25, 0.3) is 10.8 Å². The maximum absolute atomic E-state index is 8.52. The minimum atomic E-state index is 0.624. The van der Waals surface area contributed by atoms with Crippen molar-refractivity contribution in [2.45, 2.75) is 19.3 Å². The van der Waals surface area contributed by atoms with Crippen LogP contribution in [0.5, 0.6) is 0 Å². The van der Waals surface area contributed by atoms with Crippen molar-refractivity contribution in [3.63, 3.8) is 0 Å². The van der Waals surface area contributed by atoms with Gasteiger partial charge in [-0.05, 0) is 45.1 Å². The Kier molecular flexibility index (Phi) is 3.58. The van der Waals surface area contributed by atoms with E-state index < -0.39 is 0 Å². The Labute approximate surface area is 104 Å². The van der Waals surface area contributed by atoms with Crippen molar-refractivity contribution in [2.75, 3.05) is 0 Å². The number of nitrogens with zero attached hydrogens (tertiary/aromatic N) is 1. The SMILES string of the molecule is N#CCCCc1ccc2ccccc2c1Br. The first kappa shape index (κ1) is 11.2. The van der Waals surface area contributed by atoms with Crippen LogP contribution in [0.3, 0.4) is 0 Å². The van der Waals surface area contributed by atoms with Gasteiger partial charge in [-0.1, -0.05) is 36.4 Å². The molecule has 2 aromatic carbocycles. The van der Waals surface area contributed by atoms with Crippen LogP contribution < -0.4 is 0 Å². The molecule has 0 aliphatic rings. The summed E-state index contributed by atoms with van der Waals surface area (Å²) in [5.41, 5.74) is 1.29. The molecule has 2 heteroatoms. The number of rotatable bonds is 3. The molecule has 0 amide bonds. The molecule has 0 N–H and O–H groups in total. The van der Waals surface area contributed by atoms with E-state index in [-0.39, 0.29) is 0 Å². The van der Waals surface area contributed by atoms with Crippen molar-refractivity contribution in [1.82, 2.24) is 0 Å². The molecular formula is C14H12BrN. The van der Waals surface area contributed by atoms with Crippen LogP contribution in [-0.2, 0) is 6.42 Å². The van der Waals surface area contributed by atoms with Gasteiger partial charge in [-0.25, -0.2) is 0 Å². The zero-order valence-electron chi connectivity index (χ0n) is 8.91. The Morgan fingerprint density at radius 1 is 1.12 bits per heavy atom. The van der Waals surface area contributed by atoms with Crippen molar-refractivity contribution in [2.24, 2.45) is 0 Å². The van der Waals surface area contributed by atoms with Crippen molar-refractivity contribution < 1.29 is 0 Å². The molecule has 0 aliphatic heterocycles. The van der Waals surface area contributed by atoms with E-state index in [1.165, 1.54) is 20.8 Å². The molecule has 0 bridgehead atoms. The number of benzene rings is 2. The van der Waals surface area contributed by atoms with E-state index >= 15 is 0 Å². The monoisotopic (exact) mass is 273 g/mol. The van der Waals surface area contributed by atoms with Gasteiger partial charge in [0.15, 0.2) is 0 Å². The summed E-state index contributed by atoms with van der Waals surface area (Å²) in [6, 6.07) is 14.8. The third-order valence-corrected chi connectivity index (χ3v) is 3.61. The highest BCUT2D eigenvalue weighted by atomic mass is 79.9. The standard InChI is InChI=1S/C14H12BrN/c15-14-12(6-3-4-10-16)9-8-11-5-1-2-7-13(11)14/h1-2,5,7-9H,3-4,6H2. The molecule has 1 nitrogen and oxygen atoms in total. The van der Waals surface area contributed by atoms with Gasteiger partial charge in [-0.2, -0.15) is 5.26 Å². The van der Waals surface area contributed by atoms with Crippen molar-refractivity contribution >= 4 is 26.7 Å². The van der Waals surface area contributed by atoms with Crippen LogP contribution in [0.15, 0.2) is 40.9 Å². The smallest absolute Gasteiger partial charge is 0.0621 e. The Morgan fingerprint density at radius 2 is 1.94 bits per heavy atom. The van der Waals surface area contributed by atoms with Crippen LogP contribution in [0.2, 0.25) is 0 Å². The van der Waals surface area contributed by atoms with Gasteiger partial charge in [-0.15, -0.1) is 0 Å². The van der Waals surface area contributed by atoms with Crippen LogP contribution in [0, 0.1) is 11.3 Å². The normalized spacial score (nSPS) is 10.2. The van der Waals surface area contributed by atoms with E-state index in [0.717, 1.165) is 12.8 Å². The topological polar surface area (TPSA) is 23.8 Å². The van der Waals surface area contributed by atoms with E-state index in [9.17, 15) is 0 Å². The molecule has 0 aliphatic carbocycles. The fourth-order valence-corrected chi connectivity index (χ4v) is 2.52. The van der Waals surface area contributed by atoms with Gasteiger partial charge >= 0.3 is 0 Å². The van der Waals surface area contributed by atoms with E-state index in [0.29, 0.717) is 6.42 Å². The molecule has 0 radical (unpaired) electrons. The summed E-state index contributed by atoms with van der Waals surface area (Å²) in [6.07, 6.45) is 2.51. The van der Waals surface area contributed by atoms with Crippen molar-refractivity contribution in [3.8, 4) is 6.07 Å². The van der Waals surface area contributed by atoms with Crippen molar-refractivity contribution in [3.05, 3.63) is 46.4 Å². The van der Waals surface area contributed by atoms with Gasteiger partial charge in [0.1, 0.15) is 0 Å². The number of hydrogen-bond donors (Lipinski definition) is 0.